The number of pyridine rings is 1. The van der Waals surface area contributed by atoms with E-state index in [2.05, 4.69) is 20.5 Å². The molecule has 6 nitrogen and oxygen atoms in total. The van der Waals surface area contributed by atoms with Crippen LogP contribution in [0.15, 0.2) is 41.5 Å². The molecule has 1 amide bonds. The van der Waals surface area contributed by atoms with Crippen LogP contribution in [0.4, 0.5) is 5.82 Å². The largest absolute Gasteiger partial charge is 0.329 e. The molecular formula is C10H8N4O2. The Hall–Kier alpha value is -2.50. The molecule has 0 fully saturated rings. The fourth-order valence-electron chi connectivity index (χ4n) is 1.14. The molecule has 6 heteroatoms. The number of aromatic amines is 1. The van der Waals surface area contributed by atoms with Crippen molar-refractivity contribution in [3.05, 3.63) is 52.6 Å². The average molecular weight is 216 g/mol. The van der Waals surface area contributed by atoms with Gasteiger partial charge in [-0.25, -0.2) is 0 Å². The lowest BCUT2D eigenvalue weighted by Gasteiger charge is -2.01. The van der Waals surface area contributed by atoms with Crippen molar-refractivity contribution in [1.82, 2.24) is 15.2 Å². The third-order valence-corrected chi connectivity index (χ3v) is 1.85. The molecule has 0 aliphatic carbocycles. The van der Waals surface area contributed by atoms with Crippen LogP contribution in [0.2, 0.25) is 0 Å². The van der Waals surface area contributed by atoms with Crippen molar-refractivity contribution in [2.24, 2.45) is 0 Å². The van der Waals surface area contributed by atoms with Crippen LogP contribution in [-0.4, -0.2) is 21.1 Å². The number of rotatable bonds is 2. The first kappa shape index (κ1) is 10.0. The molecule has 0 saturated heterocycles. The first-order valence-electron chi connectivity index (χ1n) is 4.53. The Morgan fingerprint density at radius 3 is 2.94 bits per heavy atom. The van der Waals surface area contributed by atoms with Crippen molar-refractivity contribution in [1.29, 1.82) is 0 Å². The molecule has 0 saturated carbocycles. The molecule has 2 heterocycles. The standard InChI is InChI=1S/C10H8N4O2/c15-9-6-7(3-5-11-9)10(16)13-8-2-1-4-12-14-8/h1-6H,(H,11,15)(H,13,14,16). The minimum absolute atomic E-state index is 0.273. The van der Waals surface area contributed by atoms with E-state index < -0.39 is 5.91 Å². The van der Waals surface area contributed by atoms with Crippen LogP contribution in [0.5, 0.6) is 0 Å². The normalized spacial score (nSPS) is 9.75. The highest BCUT2D eigenvalue weighted by Gasteiger charge is 2.06. The summed E-state index contributed by atoms with van der Waals surface area (Å²) in [4.78, 5) is 25.0. The highest BCUT2D eigenvalue weighted by atomic mass is 16.2. The first-order chi connectivity index (χ1) is 7.75. The number of carbonyl (C=O) groups is 1. The number of hydrogen-bond acceptors (Lipinski definition) is 4. The number of amides is 1. The van der Waals surface area contributed by atoms with Gasteiger partial charge in [0.25, 0.3) is 5.91 Å². The van der Waals surface area contributed by atoms with E-state index in [1.807, 2.05) is 0 Å². The van der Waals surface area contributed by atoms with Crippen molar-refractivity contribution in [3.63, 3.8) is 0 Å². The van der Waals surface area contributed by atoms with Gasteiger partial charge in [0, 0.05) is 24.0 Å². The molecule has 2 aromatic heterocycles. The molecule has 16 heavy (non-hydrogen) atoms. The molecule has 0 aromatic carbocycles. The molecular weight excluding hydrogens is 208 g/mol. The van der Waals surface area contributed by atoms with Crippen molar-refractivity contribution in [3.8, 4) is 0 Å². The third-order valence-electron chi connectivity index (χ3n) is 1.85. The van der Waals surface area contributed by atoms with Crippen LogP contribution in [-0.2, 0) is 0 Å². The van der Waals surface area contributed by atoms with Crippen LogP contribution in [0, 0.1) is 0 Å². The molecule has 0 spiro atoms. The van der Waals surface area contributed by atoms with Crippen molar-refractivity contribution < 1.29 is 4.79 Å². The second-order valence-electron chi connectivity index (χ2n) is 3.00. The predicted molar refractivity (Wildman–Crippen MR) is 57.0 cm³/mol. The van der Waals surface area contributed by atoms with Gasteiger partial charge in [-0.05, 0) is 18.2 Å². The summed E-state index contributed by atoms with van der Waals surface area (Å²) in [5.41, 5.74) is -0.0544. The number of carbonyl (C=O) groups excluding carboxylic acids is 1. The summed E-state index contributed by atoms with van der Waals surface area (Å²) in [5.74, 6) is -0.0561. The van der Waals surface area contributed by atoms with E-state index in [1.54, 1.807) is 12.1 Å². The summed E-state index contributed by atoms with van der Waals surface area (Å²) in [6.07, 6.45) is 2.91. The molecule has 0 radical (unpaired) electrons. The van der Waals surface area contributed by atoms with E-state index in [1.165, 1.54) is 24.5 Å². The minimum atomic E-state index is -0.397. The number of nitrogens with zero attached hydrogens (tertiary/aromatic N) is 2. The number of aromatic nitrogens is 3. The summed E-state index contributed by atoms with van der Waals surface area (Å²) in [7, 11) is 0. The van der Waals surface area contributed by atoms with Crippen molar-refractivity contribution in [2.75, 3.05) is 5.32 Å². The lowest BCUT2D eigenvalue weighted by atomic mass is 10.2. The highest BCUT2D eigenvalue weighted by Crippen LogP contribution is 2.02. The van der Waals surface area contributed by atoms with E-state index >= 15 is 0 Å². The maximum absolute atomic E-state index is 11.6. The Kier molecular flexibility index (Phi) is 2.73. The van der Waals surface area contributed by atoms with Gasteiger partial charge in [0.1, 0.15) is 0 Å². The smallest absolute Gasteiger partial charge is 0.257 e. The quantitative estimate of drug-likeness (QED) is 0.761. The Morgan fingerprint density at radius 2 is 2.25 bits per heavy atom. The van der Waals surface area contributed by atoms with Gasteiger partial charge in [0.2, 0.25) is 5.56 Å². The fraction of sp³-hybridized carbons (Fsp3) is 0. The SMILES string of the molecule is O=C(Nc1cccnn1)c1cc[nH]c(=O)c1. The van der Waals surface area contributed by atoms with Gasteiger partial charge < -0.3 is 10.3 Å². The summed E-state index contributed by atoms with van der Waals surface area (Å²) >= 11 is 0. The molecule has 2 aromatic rings. The second kappa shape index (κ2) is 4.35. The minimum Gasteiger partial charge on any atom is -0.329 e. The van der Waals surface area contributed by atoms with Gasteiger partial charge in [-0.1, -0.05) is 0 Å². The van der Waals surface area contributed by atoms with Gasteiger partial charge >= 0.3 is 0 Å². The van der Waals surface area contributed by atoms with E-state index in [0.29, 0.717) is 5.82 Å². The predicted octanol–water partition coefficient (Wildman–Crippen LogP) is 0.417. The number of nitrogens with one attached hydrogen (secondary N) is 2. The third kappa shape index (κ3) is 2.30. The highest BCUT2D eigenvalue weighted by molar-refractivity contribution is 6.03. The molecule has 0 aliphatic heterocycles. The monoisotopic (exact) mass is 216 g/mol. The number of anilines is 1. The van der Waals surface area contributed by atoms with Gasteiger partial charge in [-0.2, -0.15) is 5.10 Å². The summed E-state index contributed by atoms with van der Waals surface area (Å²) in [6.45, 7) is 0. The van der Waals surface area contributed by atoms with Crippen molar-refractivity contribution >= 4 is 11.7 Å². The Labute approximate surface area is 90.4 Å². The van der Waals surface area contributed by atoms with Crippen LogP contribution >= 0.6 is 0 Å². The van der Waals surface area contributed by atoms with Crippen LogP contribution in [0.25, 0.3) is 0 Å². The van der Waals surface area contributed by atoms with E-state index in [4.69, 9.17) is 0 Å². The first-order valence-corrected chi connectivity index (χ1v) is 4.53. The lowest BCUT2D eigenvalue weighted by Crippen LogP contribution is -2.16. The van der Waals surface area contributed by atoms with Crippen LogP contribution < -0.4 is 10.9 Å². The van der Waals surface area contributed by atoms with Gasteiger partial charge in [0.15, 0.2) is 5.82 Å². The number of H-pyrrole nitrogens is 1. The molecule has 2 rings (SSSR count). The zero-order chi connectivity index (χ0) is 11.4. The molecule has 0 atom stereocenters. The van der Waals surface area contributed by atoms with Crippen LogP contribution in [0.3, 0.4) is 0 Å². The molecule has 80 valence electrons. The van der Waals surface area contributed by atoms with Gasteiger partial charge in [0.05, 0.1) is 0 Å². The Balaban J connectivity index is 2.18. The van der Waals surface area contributed by atoms with E-state index in [0.717, 1.165) is 0 Å². The Bertz CT molecular complexity index is 550. The summed E-state index contributed by atoms with van der Waals surface area (Å²) in [6, 6.07) is 5.98. The van der Waals surface area contributed by atoms with Crippen LogP contribution in [0.1, 0.15) is 10.4 Å². The zero-order valence-electron chi connectivity index (χ0n) is 8.18. The van der Waals surface area contributed by atoms with Gasteiger partial charge in [-0.15, -0.1) is 5.10 Å². The van der Waals surface area contributed by atoms with E-state index in [9.17, 15) is 9.59 Å². The topological polar surface area (TPSA) is 87.7 Å². The number of hydrogen-bond donors (Lipinski definition) is 2. The molecule has 2 N–H and O–H groups in total. The summed E-state index contributed by atoms with van der Waals surface area (Å²) in [5, 5.41) is 9.84. The fourth-order valence-corrected chi connectivity index (χ4v) is 1.14. The van der Waals surface area contributed by atoms with Crippen molar-refractivity contribution in [2.45, 2.75) is 0 Å². The lowest BCUT2D eigenvalue weighted by molar-refractivity contribution is 0.102. The van der Waals surface area contributed by atoms with E-state index in [-0.39, 0.29) is 11.1 Å². The second-order valence-corrected chi connectivity index (χ2v) is 3.00. The zero-order valence-corrected chi connectivity index (χ0v) is 8.18. The maximum Gasteiger partial charge on any atom is 0.257 e. The Morgan fingerprint density at radius 1 is 1.38 bits per heavy atom. The molecule has 0 aliphatic rings. The summed E-state index contributed by atoms with van der Waals surface area (Å²) < 4.78 is 0. The maximum atomic E-state index is 11.6. The molecule has 0 bridgehead atoms. The average Bonchev–Trinajstić information content (AvgIpc) is 2.30. The molecule has 0 unspecified atom stereocenters. The van der Waals surface area contributed by atoms with Gasteiger partial charge in [-0.3, -0.25) is 9.59 Å².